The summed E-state index contributed by atoms with van der Waals surface area (Å²) >= 11 is 0. The summed E-state index contributed by atoms with van der Waals surface area (Å²) in [6, 6.07) is 0. The predicted molar refractivity (Wildman–Crippen MR) is 47.3 cm³/mol. The van der Waals surface area contributed by atoms with E-state index in [0.29, 0.717) is 0 Å². The minimum absolute atomic E-state index is 0.169. The first-order valence-electron chi connectivity index (χ1n) is 4.18. The SMILES string of the molecule is O=C1O[C@H]([C@H](O)CO)C=C1/C=C/CO. The second-order valence-corrected chi connectivity index (χ2v) is 2.83. The predicted octanol–water partition coefficient (Wildman–Crippen LogP) is -1.26. The summed E-state index contributed by atoms with van der Waals surface area (Å²) in [5, 5.41) is 26.3. The van der Waals surface area contributed by atoms with Crippen LogP contribution < -0.4 is 0 Å². The fourth-order valence-electron chi connectivity index (χ4n) is 1.07. The van der Waals surface area contributed by atoms with Gasteiger partial charge in [0.15, 0.2) is 0 Å². The van der Waals surface area contributed by atoms with Gasteiger partial charge in [-0.05, 0) is 12.2 Å². The lowest BCUT2D eigenvalue weighted by Gasteiger charge is -2.12. The zero-order chi connectivity index (χ0) is 10.6. The molecule has 0 aromatic heterocycles. The maximum atomic E-state index is 11.1. The van der Waals surface area contributed by atoms with Crippen LogP contribution in [0.3, 0.4) is 0 Å². The van der Waals surface area contributed by atoms with E-state index < -0.39 is 24.8 Å². The van der Waals surface area contributed by atoms with Crippen molar-refractivity contribution in [3.8, 4) is 0 Å². The van der Waals surface area contributed by atoms with Crippen LogP contribution in [0.4, 0.5) is 0 Å². The fourth-order valence-corrected chi connectivity index (χ4v) is 1.07. The van der Waals surface area contributed by atoms with Crippen LogP contribution in [-0.2, 0) is 9.53 Å². The second kappa shape index (κ2) is 4.90. The Morgan fingerprint density at radius 2 is 2.29 bits per heavy atom. The van der Waals surface area contributed by atoms with Crippen LogP contribution in [0.15, 0.2) is 23.8 Å². The minimum Gasteiger partial charge on any atom is -0.452 e. The van der Waals surface area contributed by atoms with Gasteiger partial charge in [0.05, 0.1) is 18.8 Å². The maximum absolute atomic E-state index is 11.1. The van der Waals surface area contributed by atoms with Crippen LogP contribution in [0.1, 0.15) is 0 Å². The number of hydrogen-bond donors (Lipinski definition) is 3. The lowest BCUT2D eigenvalue weighted by molar-refractivity contribution is -0.144. The highest BCUT2D eigenvalue weighted by Gasteiger charge is 2.28. The van der Waals surface area contributed by atoms with Crippen molar-refractivity contribution in [2.75, 3.05) is 13.2 Å². The lowest BCUT2D eigenvalue weighted by atomic mass is 10.1. The average molecular weight is 200 g/mol. The molecule has 14 heavy (non-hydrogen) atoms. The molecule has 1 rings (SSSR count). The number of rotatable bonds is 4. The third-order valence-electron chi connectivity index (χ3n) is 1.79. The number of ether oxygens (including phenoxy) is 1. The monoisotopic (exact) mass is 200 g/mol. The minimum atomic E-state index is -1.10. The Kier molecular flexibility index (Phi) is 3.82. The van der Waals surface area contributed by atoms with Crippen molar-refractivity contribution in [3.63, 3.8) is 0 Å². The van der Waals surface area contributed by atoms with Crippen molar-refractivity contribution in [3.05, 3.63) is 23.8 Å². The summed E-state index contributed by atoms with van der Waals surface area (Å²) in [7, 11) is 0. The first-order valence-corrected chi connectivity index (χ1v) is 4.18. The molecule has 5 nitrogen and oxygen atoms in total. The zero-order valence-corrected chi connectivity index (χ0v) is 7.46. The average Bonchev–Trinajstić information content (AvgIpc) is 2.56. The van der Waals surface area contributed by atoms with Crippen LogP contribution in [0.25, 0.3) is 0 Å². The van der Waals surface area contributed by atoms with Gasteiger partial charge in [0, 0.05) is 0 Å². The molecule has 1 heterocycles. The number of carbonyl (C=O) groups is 1. The van der Waals surface area contributed by atoms with Gasteiger partial charge in [0.25, 0.3) is 0 Å². The maximum Gasteiger partial charge on any atom is 0.338 e. The molecule has 0 radical (unpaired) electrons. The molecular weight excluding hydrogens is 188 g/mol. The molecule has 0 saturated carbocycles. The first-order chi connectivity index (χ1) is 6.69. The van der Waals surface area contributed by atoms with E-state index in [0.717, 1.165) is 0 Å². The molecule has 0 saturated heterocycles. The number of hydrogen-bond acceptors (Lipinski definition) is 5. The van der Waals surface area contributed by atoms with Gasteiger partial charge in [-0.25, -0.2) is 4.79 Å². The van der Waals surface area contributed by atoms with Crippen molar-refractivity contribution in [1.29, 1.82) is 0 Å². The van der Waals surface area contributed by atoms with Gasteiger partial charge in [-0.3, -0.25) is 0 Å². The molecule has 0 amide bonds. The topological polar surface area (TPSA) is 87.0 Å². The van der Waals surface area contributed by atoms with Crippen LogP contribution in [0.2, 0.25) is 0 Å². The Hall–Kier alpha value is -1.17. The summed E-state index contributed by atoms with van der Waals surface area (Å²) in [6.07, 6.45) is 2.31. The van der Waals surface area contributed by atoms with Crippen LogP contribution >= 0.6 is 0 Å². The Morgan fingerprint density at radius 1 is 1.57 bits per heavy atom. The van der Waals surface area contributed by atoms with E-state index in [1.54, 1.807) is 0 Å². The number of cyclic esters (lactones) is 1. The van der Waals surface area contributed by atoms with Crippen LogP contribution in [-0.4, -0.2) is 46.7 Å². The van der Waals surface area contributed by atoms with E-state index in [1.807, 2.05) is 0 Å². The van der Waals surface area contributed by atoms with Gasteiger partial charge in [-0.15, -0.1) is 0 Å². The highest BCUT2D eigenvalue weighted by Crippen LogP contribution is 2.17. The molecule has 0 spiro atoms. The smallest absolute Gasteiger partial charge is 0.338 e. The molecular formula is C9H12O5. The Labute approximate surface area is 80.9 Å². The fraction of sp³-hybridized carbons (Fsp3) is 0.444. The van der Waals surface area contributed by atoms with E-state index in [-0.39, 0.29) is 12.2 Å². The molecule has 1 aliphatic rings. The molecule has 1 aliphatic heterocycles. The van der Waals surface area contributed by atoms with Crippen molar-refractivity contribution in [1.82, 2.24) is 0 Å². The molecule has 78 valence electrons. The molecule has 5 heteroatoms. The van der Waals surface area contributed by atoms with Gasteiger partial charge < -0.3 is 20.1 Å². The van der Waals surface area contributed by atoms with Crippen molar-refractivity contribution in [2.45, 2.75) is 12.2 Å². The van der Waals surface area contributed by atoms with Crippen LogP contribution in [0, 0.1) is 0 Å². The Balaban J connectivity index is 2.67. The molecule has 0 unspecified atom stereocenters. The first kappa shape index (κ1) is 10.9. The molecule has 0 bridgehead atoms. The molecule has 0 fully saturated rings. The van der Waals surface area contributed by atoms with Crippen molar-refractivity contribution < 1.29 is 24.9 Å². The summed E-state index contributed by atoms with van der Waals surface area (Å²) in [5.74, 6) is -0.563. The standard InChI is InChI=1S/C9H12O5/c10-3-1-2-6-4-8(7(12)5-11)14-9(6)13/h1-2,4,7-8,10-12H,3,5H2/b2-1+/t7-,8+/m1/s1. The Bertz CT molecular complexity index is 268. The molecule has 0 aliphatic carbocycles. The van der Waals surface area contributed by atoms with Gasteiger partial charge in [0.1, 0.15) is 12.2 Å². The summed E-state index contributed by atoms with van der Waals surface area (Å²) in [5.41, 5.74) is 0.275. The number of aliphatic hydroxyl groups excluding tert-OH is 3. The summed E-state index contributed by atoms with van der Waals surface area (Å²) < 4.78 is 4.75. The third kappa shape index (κ3) is 2.41. The Morgan fingerprint density at radius 3 is 2.86 bits per heavy atom. The van der Waals surface area contributed by atoms with Crippen LogP contribution in [0.5, 0.6) is 0 Å². The lowest BCUT2D eigenvalue weighted by Crippen LogP contribution is -2.28. The van der Waals surface area contributed by atoms with E-state index in [2.05, 4.69) is 0 Å². The quantitative estimate of drug-likeness (QED) is 0.493. The van der Waals surface area contributed by atoms with Crippen molar-refractivity contribution >= 4 is 5.97 Å². The van der Waals surface area contributed by atoms with E-state index >= 15 is 0 Å². The number of carbonyl (C=O) groups excluding carboxylic acids is 1. The van der Waals surface area contributed by atoms with Crippen molar-refractivity contribution in [2.24, 2.45) is 0 Å². The molecule has 3 N–H and O–H groups in total. The van der Waals surface area contributed by atoms with Gasteiger partial charge >= 0.3 is 5.97 Å². The highest BCUT2D eigenvalue weighted by molar-refractivity contribution is 5.93. The normalized spacial score (nSPS) is 23.8. The molecule has 0 aromatic carbocycles. The highest BCUT2D eigenvalue weighted by atomic mass is 16.6. The van der Waals surface area contributed by atoms with Gasteiger partial charge in [0.2, 0.25) is 0 Å². The molecule has 0 aromatic rings. The number of esters is 1. The van der Waals surface area contributed by atoms with E-state index in [9.17, 15) is 9.90 Å². The summed E-state index contributed by atoms with van der Waals surface area (Å²) in [4.78, 5) is 11.1. The molecule has 2 atom stereocenters. The summed E-state index contributed by atoms with van der Waals surface area (Å²) in [6.45, 7) is -0.636. The van der Waals surface area contributed by atoms with E-state index in [1.165, 1.54) is 18.2 Å². The zero-order valence-electron chi connectivity index (χ0n) is 7.46. The van der Waals surface area contributed by atoms with Gasteiger partial charge in [-0.2, -0.15) is 0 Å². The number of aliphatic hydroxyl groups is 3. The third-order valence-corrected chi connectivity index (χ3v) is 1.79. The van der Waals surface area contributed by atoms with Gasteiger partial charge in [-0.1, -0.05) is 6.08 Å². The second-order valence-electron chi connectivity index (χ2n) is 2.83. The van der Waals surface area contributed by atoms with E-state index in [4.69, 9.17) is 14.9 Å². The largest absolute Gasteiger partial charge is 0.452 e.